The van der Waals surface area contributed by atoms with Crippen molar-refractivity contribution in [1.82, 2.24) is 0 Å². The Morgan fingerprint density at radius 1 is 0.773 bits per heavy atom. The van der Waals surface area contributed by atoms with Crippen LogP contribution in [0.4, 0.5) is 0 Å². The Morgan fingerprint density at radius 2 is 1.23 bits per heavy atom. The van der Waals surface area contributed by atoms with Crippen LogP contribution in [-0.4, -0.2) is 8.42 Å². The first-order valence-electron chi connectivity index (χ1n) is 8.11. The zero-order valence-corrected chi connectivity index (χ0v) is 15.5. The molecule has 0 bridgehead atoms. The van der Waals surface area contributed by atoms with Crippen LogP contribution in [0.2, 0.25) is 0 Å². The van der Waals surface area contributed by atoms with Gasteiger partial charge >= 0.3 is 10.1 Å². The predicted octanol–water partition coefficient (Wildman–Crippen LogP) is 4.40. The van der Waals surface area contributed by atoms with Crippen molar-refractivity contribution >= 4 is 10.1 Å². The van der Waals surface area contributed by atoms with E-state index in [1.807, 2.05) is 6.07 Å². The highest BCUT2D eigenvalue weighted by Crippen LogP contribution is 2.29. The normalized spacial score (nSPS) is 12.6. The standard InChI is InChI=1S/C18H29O3S/c1-12(2)9-15-7-8-18(22(19,20)21)17(11-14(5)6)16(15)10-13(3)4/h7-8,12-14H,9-11H2,1-6H3. The highest BCUT2D eigenvalue weighted by molar-refractivity contribution is 7.85. The first kappa shape index (κ1) is 19.2. The molecule has 22 heavy (non-hydrogen) atoms. The van der Waals surface area contributed by atoms with Gasteiger partial charge in [0, 0.05) is 0 Å². The molecule has 1 radical (unpaired) electrons. The monoisotopic (exact) mass is 325 g/mol. The second kappa shape index (κ2) is 7.60. The summed E-state index contributed by atoms with van der Waals surface area (Å²) in [4.78, 5) is -0.0237. The first-order valence-corrected chi connectivity index (χ1v) is 9.52. The summed E-state index contributed by atoms with van der Waals surface area (Å²) >= 11 is 0. The highest BCUT2D eigenvalue weighted by Gasteiger charge is 2.23. The molecule has 0 saturated heterocycles. The summed E-state index contributed by atoms with van der Waals surface area (Å²) in [5.41, 5.74) is 3.01. The molecule has 1 aromatic carbocycles. The van der Waals surface area contributed by atoms with Gasteiger partial charge in [-0.15, -0.1) is 0 Å². The SMILES string of the molecule is CC(C)Cc1ccc(S([O])(=O)=O)c(CC(C)C)c1CC(C)C. The molecule has 1 aromatic rings. The van der Waals surface area contributed by atoms with Gasteiger partial charge in [-0.1, -0.05) is 52.2 Å². The lowest BCUT2D eigenvalue weighted by molar-refractivity contribution is 0.412. The van der Waals surface area contributed by atoms with Crippen LogP contribution in [0, 0.1) is 17.8 Å². The van der Waals surface area contributed by atoms with Gasteiger partial charge in [0.2, 0.25) is 0 Å². The van der Waals surface area contributed by atoms with E-state index >= 15 is 0 Å². The van der Waals surface area contributed by atoms with Gasteiger partial charge in [0.15, 0.2) is 0 Å². The number of benzene rings is 1. The van der Waals surface area contributed by atoms with Crippen molar-refractivity contribution in [3.63, 3.8) is 0 Å². The van der Waals surface area contributed by atoms with Crippen LogP contribution in [0.5, 0.6) is 0 Å². The largest absolute Gasteiger partial charge is 0.324 e. The van der Waals surface area contributed by atoms with E-state index in [0.29, 0.717) is 24.2 Å². The minimum absolute atomic E-state index is 0.0237. The fourth-order valence-corrected chi connectivity index (χ4v) is 3.62. The molecule has 0 N–H and O–H groups in total. The number of rotatable bonds is 7. The van der Waals surface area contributed by atoms with Crippen LogP contribution < -0.4 is 0 Å². The molecule has 0 atom stereocenters. The maximum atomic E-state index is 11.7. The molecule has 0 saturated carbocycles. The van der Waals surface area contributed by atoms with Crippen LogP contribution in [0.3, 0.4) is 0 Å². The third kappa shape index (κ3) is 5.40. The van der Waals surface area contributed by atoms with Crippen LogP contribution in [0.25, 0.3) is 0 Å². The molecule has 0 aliphatic heterocycles. The van der Waals surface area contributed by atoms with Crippen molar-refractivity contribution < 1.29 is 13.0 Å². The summed E-state index contributed by atoms with van der Waals surface area (Å²) in [5.74, 6) is 1.22. The molecule has 1 rings (SSSR count). The highest BCUT2D eigenvalue weighted by atomic mass is 32.2. The molecule has 0 aliphatic rings. The second-order valence-corrected chi connectivity index (χ2v) is 8.78. The Bertz CT molecular complexity index is 599. The summed E-state index contributed by atoms with van der Waals surface area (Å²) in [6.45, 7) is 12.7. The van der Waals surface area contributed by atoms with E-state index in [0.717, 1.165) is 24.0 Å². The molecular weight excluding hydrogens is 296 g/mol. The molecule has 0 unspecified atom stereocenters. The first-order chi connectivity index (χ1) is 10.0. The average Bonchev–Trinajstić information content (AvgIpc) is 2.29. The average molecular weight is 325 g/mol. The molecule has 0 spiro atoms. The van der Waals surface area contributed by atoms with Crippen molar-refractivity contribution in [2.24, 2.45) is 17.8 Å². The smallest absolute Gasteiger partial charge is 0.192 e. The van der Waals surface area contributed by atoms with Crippen molar-refractivity contribution in [3.05, 3.63) is 28.8 Å². The quantitative estimate of drug-likeness (QED) is 0.746. The molecular formula is C18H29O3S. The molecule has 3 nitrogen and oxygen atoms in total. The van der Waals surface area contributed by atoms with E-state index in [9.17, 15) is 13.0 Å². The second-order valence-electron chi connectivity index (χ2n) is 7.43. The van der Waals surface area contributed by atoms with Gasteiger partial charge in [-0.25, -0.2) is 0 Å². The third-order valence-electron chi connectivity index (χ3n) is 3.61. The van der Waals surface area contributed by atoms with Crippen LogP contribution in [0.15, 0.2) is 17.0 Å². The van der Waals surface area contributed by atoms with Gasteiger partial charge in [0.05, 0.1) is 4.90 Å². The van der Waals surface area contributed by atoms with Crippen molar-refractivity contribution in [2.75, 3.05) is 0 Å². The molecule has 0 aliphatic carbocycles. The summed E-state index contributed by atoms with van der Waals surface area (Å²) in [6, 6.07) is 3.36. The molecule has 0 amide bonds. The zero-order valence-electron chi connectivity index (χ0n) is 14.6. The lowest BCUT2D eigenvalue weighted by atomic mass is 9.86. The molecule has 4 heteroatoms. The van der Waals surface area contributed by atoms with E-state index in [1.165, 1.54) is 11.6 Å². The van der Waals surface area contributed by atoms with E-state index < -0.39 is 10.1 Å². The Hall–Kier alpha value is -0.870. The molecule has 0 heterocycles. The van der Waals surface area contributed by atoms with Gasteiger partial charge in [-0.05, 0) is 59.8 Å². The minimum Gasteiger partial charge on any atom is -0.192 e. The van der Waals surface area contributed by atoms with E-state index in [2.05, 4.69) is 41.5 Å². The lowest BCUT2D eigenvalue weighted by Crippen LogP contribution is -2.13. The Balaban J connectivity index is 3.57. The van der Waals surface area contributed by atoms with Crippen molar-refractivity contribution in [1.29, 1.82) is 0 Å². The van der Waals surface area contributed by atoms with Gasteiger partial charge in [0.1, 0.15) is 0 Å². The summed E-state index contributed by atoms with van der Waals surface area (Å²) < 4.78 is 35.0. The fraction of sp³-hybridized carbons (Fsp3) is 0.667. The number of hydrogen-bond acceptors (Lipinski definition) is 2. The molecule has 0 fully saturated rings. The third-order valence-corrected chi connectivity index (χ3v) is 4.53. The van der Waals surface area contributed by atoms with Gasteiger partial charge in [0.25, 0.3) is 0 Å². The van der Waals surface area contributed by atoms with Crippen LogP contribution >= 0.6 is 0 Å². The maximum absolute atomic E-state index is 11.7. The van der Waals surface area contributed by atoms with E-state index in [4.69, 9.17) is 0 Å². The van der Waals surface area contributed by atoms with E-state index in [1.54, 1.807) is 0 Å². The zero-order chi connectivity index (χ0) is 17.1. The van der Waals surface area contributed by atoms with Gasteiger partial charge < -0.3 is 0 Å². The van der Waals surface area contributed by atoms with Crippen LogP contribution in [0.1, 0.15) is 58.2 Å². The summed E-state index contributed by atoms with van der Waals surface area (Å²) in [6.07, 6.45) is 2.35. The van der Waals surface area contributed by atoms with Crippen LogP contribution in [-0.2, 0) is 33.9 Å². The lowest BCUT2D eigenvalue weighted by Gasteiger charge is -2.21. The maximum Gasteiger partial charge on any atom is 0.324 e. The van der Waals surface area contributed by atoms with Gasteiger partial charge in [-0.2, -0.15) is 8.42 Å². The predicted molar refractivity (Wildman–Crippen MR) is 89.9 cm³/mol. The minimum atomic E-state index is -4.43. The summed E-state index contributed by atoms with van der Waals surface area (Å²) in [7, 11) is -4.43. The Kier molecular flexibility index (Phi) is 6.63. The van der Waals surface area contributed by atoms with Gasteiger partial charge in [-0.3, -0.25) is 0 Å². The van der Waals surface area contributed by atoms with Crippen molar-refractivity contribution in [2.45, 2.75) is 65.7 Å². The fourth-order valence-electron chi connectivity index (χ4n) is 2.88. The van der Waals surface area contributed by atoms with E-state index in [-0.39, 0.29) is 4.90 Å². The molecule has 0 aromatic heterocycles. The van der Waals surface area contributed by atoms with Crippen molar-refractivity contribution in [3.8, 4) is 0 Å². The topological polar surface area (TPSA) is 54.0 Å². The summed E-state index contributed by atoms with van der Waals surface area (Å²) in [5, 5.41) is 0. The Morgan fingerprint density at radius 3 is 1.64 bits per heavy atom. The number of hydrogen-bond donors (Lipinski definition) is 0. The molecule has 125 valence electrons. The Labute approximate surface area is 135 Å².